The molecule has 1 N–H and O–H groups in total. The van der Waals surface area contributed by atoms with Crippen LogP contribution in [-0.4, -0.2) is 10.1 Å². The predicted molar refractivity (Wildman–Crippen MR) is 90.5 cm³/mol. The number of benzene rings is 1. The number of fused-ring (bicyclic) bond motifs is 1. The lowest BCUT2D eigenvalue weighted by molar-refractivity contribution is 0.468. The largest absolute Gasteiger partial charge is 0.503 e. The smallest absolute Gasteiger partial charge is 0.230 e. The average molecular weight is 407 g/mol. The van der Waals surface area contributed by atoms with Gasteiger partial charge in [-0.2, -0.15) is 0 Å². The van der Waals surface area contributed by atoms with Crippen molar-refractivity contribution in [1.29, 1.82) is 0 Å². The van der Waals surface area contributed by atoms with Gasteiger partial charge in [-0.05, 0) is 40.2 Å². The van der Waals surface area contributed by atoms with Gasteiger partial charge in [-0.25, -0.2) is 4.98 Å². The minimum atomic E-state index is -0.463. The van der Waals surface area contributed by atoms with Gasteiger partial charge in [0.1, 0.15) is 0 Å². The zero-order valence-electron chi connectivity index (χ0n) is 10.7. The van der Waals surface area contributed by atoms with E-state index in [0.29, 0.717) is 20.2 Å². The Balaban J connectivity index is 2.33. The molecule has 3 nitrogen and oxygen atoms in total. The summed E-state index contributed by atoms with van der Waals surface area (Å²) in [6, 6.07) is 14.6. The summed E-state index contributed by atoms with van der Waals surface area (Å²) in [5, 5.41) is 10.9. The van der Waals surface area contributed by atoms with Crippen LogP contribution in [0.3, 0.4) is 0 Å². The van der Waals surface area contributed by atoms with E-state index in [1.165, 1.54) is 0 Å². The summed E-state index contributed by atoms with van der Waals surface area (Å²) >= 11 is 6.52. The first-order chi connectivity index (χ1) is 10.1. The molecule has 0 aliphatic rings. The van der Waals surface area contributed by atoms with Crippen LogP contribution in [-0.2, 0) is 0 Å². The van der Waals surface area contributed by atoms with Crippen LogP contribution < -0.4 is 5.43 Å². The molecule has 104 valence electrons. The molecule has 1 aromatic heterocycles. The molecular formula is C16H9Br2NO2. The molecule has 0 saturated heterocycles. The minimum absolute atomic E-state index is 0.328. The molecule has 0 fully saturated rings. The monoisotopic (exact) mass is 405 g/mol. The number of aromatic nitrogens is 1. The number of halogens is 2. The Bertz CT molecular complexity index is 910. The highest BCUT2D eigenvalue weighted by Crippen LogP contribution is 2.27. The van der Waals surface area contributed by atoms with Gasteiger partial charge in [0, 0.05) is 9.86 Å². The Morgan fingerprint density at radius 1 is 1.00 bits per heavy atom. The normalized spacial score (nSPS) is 10.8. The molecule has 3 aromatic rings. The average Bonchev–Trinajstić information content (AvgIpc) is 2.59. The van der Waals surface area contributed by atoms with Crippen LogP contribution in [0.2, 0.25) is 0 Å². The van der Waals surface area contributed by atoms with Gasteiger partial charge in [-0.3, -0.25) is 4.79 Å². The van der Waals surface area contributed by atoms with Crippen LogP contribution in [0.4, 0.5) is 0 Å². The van der Waals surface area contributed by atoms with Crippen molar-refractivity contribution in [3.05, 3.63) is 67.7 Å². The molecule has 0 saturated carbocycles. The molecule has 0 bridgehead atoms. The van der Waals surface area contributed by atoms with E-state index in [-0.39, 0.29) is 5.75 Å². The van der Waals surface area contributed by atoms with E-state index in [0.717, 1.165) is 10.9 Å². The molecule has 0 aliphatic carbocycles. The first-order valence-electron chi connectivity index (χ1n) is 6.15. The summed E-state index contributed by atoms with van der Waals surface area (Å²) < 4.78 is 1.02. The molecule has 0 unspecified atom stereocenters. The lowest BCUT2D eigenvalue weighted by Gasteiger charge is -2.01. The fraction of sp³-hybridized carbons (Fsp3) is 0. The Hall–Kier alpha value is -1.72. The summed E-state index contributed by atoms with van der Waals surface area (Å²) in [5.74, 6) is -0.328. The molecule has 0 radical (unpaired) electrons. The van der Waals surface area contributed by atoms with Crippen molar-refractivity contribution in [2.75, 3.05) is 0 Å². The van der Waals surface area contributed by atoms with Crippen molar-refractivity contribution in [3.8, 4) is 17.0 Å². The van der Waals surface area contributed by atoms with Crippen molar-refractivity contribution in [2.45, 2.75) is 0 Å². The number of para-hydroxylation sites is 1. The summed E-state index contributed by atoms with van der Waals surface area (Å²) in [7, 11) is 0. The maximum absolute atomic E-state index is 12.3. The Morgan fingerprint density at radius 3 is 2.57 bits per heavy atom. The van der Waals surface area contributed by atoms with Crippen LogP contribution >= 0.6 is 31.9 Å². The first-order valence-corrected chi connectivity index (χ1v) is 7.73. The Morgan fingerprint density at radius 2 is 1.76 bits per heavy atom. The van der Waals surface area contributed by atoms with E-state index < -0.39 is 5.43 Å². The van der Waals surface area contributed by atoms with Gasteiger partial charge in [0.2, 0.25) is 5.43 Å². The molecule has 3 rings (SSSR count). The number of hydrogen-bond donors (Lipinski definition) is 1. The summed E-state index contributed by atoms with van der Waals surface area (Å²) in [5.41, 5.74) is 1.21. The third-order valence-electron chi connectivity index (χ3n) is 3.11. The minimum Gasteiger partial charge on any atom is -0.503 e. The maximum Gasteiger partial charge on any atom is 0.230 e. The summed E-state index contributed by atoms with van der Waals surface area (Å²) in [6.07, 6.45) is 0. The van der Waals surface area contributed by atoms with Crippen molar-refractivity contribution in [1.82, 2.24) is 4.98 Å². The maximum atomic E-state index is 12.3. The van der Waals surface area contributed by atoms with Gasteiger partial charge < -0.3 is 5.11 Å². The van der Waals surface area contributed by atoms with Crippen molar-refractivity contribution in [3.63, 3.8) is 0 Å². The number of aromatic hydroxyl groups is 1. The number of pyridine rings is 1. The van der Waals surface area contributed by atoms with Crippen molar-refractivity contribution < 1.29 is 5.11 Å². The molecule has 5 heteroatoms. The third kappa shape index (κ3) is 2.71. The van der Waals surface area contributed by atoms with E-state index in [1.54, 1.807) is 18.2 Å². The lowest BCUT2D eigenvalue weighted by Crippen LogP contribution is -2.02. The lowest BCUT2D eigenvalue weighted by atomic mass is 10.1. The second-order valence-electron chi connectivity index (χ2n) is 4.50. The molecular weight excluding hydrogens is 398 g/mol. The third-order valence-corrected chi connectivity index (χ3v) is 4.17. The molecule has 21 heavy (non-hydrogen) atoms. The Labute approximate surface area is 137 Å². The summed E-state index contributed by atoms with van der Waals surface area (Å²) in [6.45, 7) is 0. The first kappa shape index (κ1) is 14.2. The van der Waals surface area contributed by atoms with Crippen LogP contribution in [0.5, 0.6) is 5.75 Å². The molecule has 0 atom stereocenters. The van der Waals surface area contributed by atoms with Gasteiger partial charge in [-0.1, -0.05) is 40.2 Å². The second kappa shape index (κ2) is 5.58. The van der Waals surface area contributed by atoms with Gasteiger partial charge in [0.25, 0.3) is 0 Å². The van der Waals surface area contributed by atoms with E-state index in [2.05, 4.69) is 36.8 Å². The molecule has 1 heterocycles. The highest BCUT2D eigenvalue weighted by Gasteiger charge is 2.11. The second-order valence-corrected chi connectivity index (χ2v) is 6.27. The number of nitrogens with zero attached hydrogens (tertiary/aromatic N) is 1. The molecule has 0 aliphatic heterocycles. The highest BCUT2D eigenvalue weighted by molar-refractivity contribution is 9.11. The zero-order valence-corrected chi connectivity index (χ0v) is 13.8. The zero-order chi connectivity index (χ0) is 15.0. The van der Waals surface area contributed by atoms with Gasteiger partial charge in [0.05, 0.1) is 21.2 Å². The number of hydrogen-bond acceptors (Lipinski definition) is 3. The topological polar surface area (TPSA) is 50.2 Å². The van der Waals surface area contributed by atoms with Gasteiger partial charge in [-0.15, -0.1) is 0 Å². The van der Waals surface area contributed by atoms with Crippen molar-refractivity contribution >= 4 is 42.8 Å². The summed E-state index contributed by atoms with van der Waals surface area (Å²) in [4.78, 5) is 16.8. The SMILES string of the molecule is O=c1c(-c2ccc3ccccc3n2)cc(Br)cc(Br)c1O. The van der Waals surface area contributed by atoms with E-state index in [1.807, 2.05) is 30.3 Å². The van der Waals surface area contributed by atoms with E-state index in [9.17, 15) is 9.90 Å². The predicted octanol–water partition coefficient (Wildman–Crippen LogP) is 4.49. The van der Waals surface area contributed by atoms with Crippen LogP contribution in [0.15, 0.2) is 62.3 Å². The van der Waals surface area contributed by atoms with Crippen LogP contribution in [0.25, 0.3) is 22.2 Å². The fourth-order valence-electron chi connectivity index (χ4n) is 2.08. The van der Waals surface area contributed by atoms with E-state index in [4.69, 9.17) is 0 Å². The number of rotatable bonds is 1. The van der Waals surface area contributed by atoms with Crippen molar-refractivity contribution in [2.24, 2.45) is 0 Å². The standard InChI is InChI=1S/C16H9Br2NO2/c17-10-7-11(15(20)16(21)12(18)8-10)14-6-5-9-3-1-2-4-13(9)19-14/h1-8H,(H,20,21). The quantitative estimate of drug-likeness (QED) is 0.647. The molecule has 0 amide bonds. The molecule has 2 aromatic carbocycles. The fourth-order valence-corrected chi connectivity index (χ4v) is 3.27. The Kier molecular flexibility index (Phi) is 3.78. The van der Waals surface area contributed by atoms with Gasteiger partial charge >= 0.3 is 0 Å². The highest BCUT2D eigenvalue weighted by atomic mass is 79.9. The molecule has 0 spiro atoms. The van der Waals surface area contributed by atoms with E-state index >= 15 is 0 Å². The van der Waals surface area contributed by atoms with Crippen LogP contribution in [0, 0.1) is 0 Å². The van der Waals surface area contributed by atoms with Crippen LogP contribution in [0.1, 0.15) is 0 Å². The van der Waals surface area contributed by atoms with Gasteiger partial charge in [0.15, 0.2) is 5.75 Å².